The van der Waals surface area contributed by atoms with Crippen molar-refractivity contribution < 1.29 is 29.0 Å². The summed E-state index contributed by atoms with van der Waals surface area (Å²) >= 11 is 5.98. The second kappa shape index (κ2) is 15.0. The highest BCUT2D eigenvalue weighted by Crippen LogP contribution is 2.30. The first-order chi connectivity index (χ1) is 22.2. The molecule has 1 unspecified atom stereocenters. The van der Waals surface area contributed by atoms with Crippen LogP contribution in [0.15, 0.2) is 66.7 Å². The molecule has 5 amide bonds. The third kappa shape index (κ3) is 8.46. The van der Waals surface area contributed by atoms with Crippen LogP contribution < -0.4 is 20.9 Å². The fourth-order valence-electron chi connectivity index (χ4n) is 5.43. The molecule has 13 heteroatoms. The zero-order valence-corrected chi connectivity index (χ0v) is 26.3. The van der Waals surface area contributed by atoms with Crippen molar-refractivity contribution >= 4 is 52.6 Å². The topological polar surface area (TPSA) is 144 Å². The standard InChI is InChI=1S/C33H37ClN6O6/c1-22-2-4-23(5-3-22)27(21-30(41)42)36-31(43)24-6-11-29(28(20-24)37-32(44)35-26-9-7-25(34)8-10-26)38-12-14-39(15-13-38)33(45)40-16-18-46-19-17-40/h2-11,20,27H,12-19,21H2,1H3,(H,36,43)(H,41,42)(H2,35,37,44). The van der Waals surface area contributed by atoms with Crippen molar-refractivity contribution in [2.45, 2.75) is 19.4 Å². The third-order valence-electron chi connectivity index (χ3n) is 7.95. The van der Waals surface area contributed by atoms with Crippen molar-refractivity contribution in [3.63, 3.8) is 0 Å². The molecule has 2 aliphatic rings. The van der Waals surface area contributed by atoms with Gasteiger partial charge in [0, 0.05) is 55.5 Å². The lowest BCUT2D eigenvalue weighted by molar-refractivity contribution is -0.137. The van der Waals surface area contributed by atoms with Gasteiger partial charge in [0.1, 0.15) is 0 Å². The molecule has 0 aliphatic carbocycles. The van der Waals surface area contributed by atoms with Gasteiger partial charge in [-0.3, -0.25) is 9.59 Å². The van der Waals surface area contributed by atoms with Crippen molar-refractivity contribution in [2.24, 2.45) is 0 Å². The molecule has 1 atom stereocenters. The van der Waals surface area contributed by atoms with Gasteiger partial charge in [-0.1, -0.05) is 41.4 Å². The molecular weight excluding hydrogens is 612 g/mol. The summed E-state index contributed by atoms with van der Waals surface area (Å²) in [4.78, 5) is 56.9. The van der Waals surface area contributed by atoms with Crippen LogP contribution in [0.3, 0.4) is 0 Å². The highest BCUT2D eigenvalue weighted by molar-refractivity contribution is 6.30. The van der Waals surface area contributed by atoms with Crippen molar-refractivity contribution in [1.29, 1.82) is 0 Å². The Balaban J connectivity index is 1.35. The number of carbonyl (C=O) groups is 4. The Hall–Kier alpha value is -4.81. The maximum atomic E-state index is 13.5. The number of aliphatic carboxylic acids is 1. The number of nitrogens with one attached hydrogen (secondary N) is 3. The van der Waals surface area contributed by atoms with Crippen LogP contribution in [0, 0.1) is 6.92 Å². The number of hydrogen-bond acceptors (Lipinski definition) is 6. The van der Waals surface area contributed by atoms with Gasteiger partial charge < -0.3 is 40.5 Å². The Morgan fingerprint density at radius 1 is 0.848 bits per heavy atom. The van der Waals surface area contributed by atoms with Crippen LogP contribution in [0.25, 0.3) is 0 Å². The highest BCUT2D eigenvalue weighted by Gasteiger charge is 2.28. The number of urea groups is 2. The summed E-state index contributed by atoms with van der Waals surface area (Å²) < 4.78 is 5.37. The van der Waals surface area contributed by atoms with Gasteiger partial charge in [-0.2, -0.15) is 0 Å². The van der Waals surface area contributed by atoms with Crippen LogP contribution in [0.1, 0.15) is 33.9 Å². The van der Waals surface area contributed by atoms with Gasteiger partial charge in [-0.25, -0.2) is 9.59 Å². The molecule has 2 heterocycles. The lowest BCUT2D eigenvalue weighted by Gasteiger charge is -2.39. The number of piperazine rings is 1. The minimum Gasteiger partial charge on any atom is -0.481 e. The van der Waals surface area contributed by atoms with E-state index in [9.17, 15) is 24.3 Å². The zero-order chi connectivity index (χ0) is 32.6. The molecule has 3 aromatic carbocycles. The van der Waals surface area contributed by atoms with Crippen molar-refractivity contribution in [3.8, 4) is 0 Å². The lowest BCUT2D eigenvalue weighted by atomic mass is 10.0. The third-order valence-corrected chi connectivity index (χ3v) is 8.20. The monoisotopic (exact) mass is 648 g/mol. The van der Waals surface area contributed by atoms with E-state index in [1.165, 1.54) is 0 Å². The fraction of sp³-hybridized carbons (Fsp3) is 0.333. The van der Waals surface area contributed by atoms with Gasteiger partial charge in [0.05, 0.1) is 37.1 Å². The smallest absolute Gasteiger partial charge is 0.323 e. The number of carboxylic acids is 1. The Bertz CT molecular complexity index is 1550. The average Bonchev–Trinajstić information content (AvgIpc) is 3.06. The van der Waals surface area contributed by atoms with Gasteiger partial charge in [0.25, 0.3) is 5.91 Å². The van der Waals surface area contributed by atoms with E-state index in [1.54, 1.807) is 59.5 Å². The molecule has 0 spiro atoms. The minimum absolute atomic E-state index is 0.0137. The molecule has 2 fully saturated rings. The van der Waals surface area contributed by atoms with Crippen molar-refractivity contribution in [1.82, 2.24) is 15.1 Å². The predicted octanol–water partition coefficient (Wildman–Crippen LogP) is 4.81. The molecule has 242 valence electrons. The Morgan fingerprint density at radius 3 is 2.15 bits per heavy atom. The number of benzene rings is 3. The Morgan fingerprint density at radius 2 is 1.50 bits per heavy atom. The normalized spacial score (nSPS) is 15.6. The number of halogens is 1. The number of amides is 5. The number of carbonyl (C=O) groups excluding carboxylic acids is 3. The van der Waals surface area contributed by atoms with E-state index in [0.29, 0.717) is 80.1 Å². The van der Waals surface area contributed by atoms with Crippen LogP contribution in [0.4, 0.5) is 26.7 Å². The van der Waals surface area contributed by atoms with E-state index in [-0.39, 0.29) is 18.0 Å². The van der Waals surface area contributed by atoms with E-state index < -0.39 is 23.9 Å². The quantitative estimate of drug-likeness (QED) is 0.274. The van der Waals surface area contributed by atoms with Gasteiger partial charge in [0.15, 0.2) is 0 Å². The summed E-state index contributed by atoms with van der Waals surface area (Å²) in [7, 11) is 0. The van der Waals surface area contributed by atoms with Crippen LogP contribution >= 0.6 is 11.6 Å². The lowest BCUT2D eigenvalue weighted by Crippen LogP contribution is -2.55. The molecular formula is C33H37ClN6O6. The first kappa shape index (κ1) is 32.6. The highest BCUT2D eigenvalue weighted by atomic mass is 35.5. The zero-order valence-electron chi connectivity index (χ0n) is 25.5. The number of carboxylic acid groups (broad SMARTS) is 1. The number of nitrogens with zero attached hydrogens (tertiary/aromatic N) is 3. The first-order valence-corrected chi connectivity index (χ1v) is 15.5. The fourth-order valence-corrected chi connectivity index (χ4v) is 5.56. The van der Waals surface area contributed by atoms with Gasteiger partial charge in [-0.15, -0.1) is 0 Å². The number of ether oxygens (including phenoxy) is 1. The summed E-state index contributed by atoms with van der Waals surface area (Å²) in [5.41, 5.74) is 3.53. The maximum absolute atomic E-state index is 13.5. The molecule has 0 radical (unpaired) electrons. The molecule has 0 aromatic heterocycles. The largest absolute Gasteiger partial charge is 0.481 e. The summed E-state index contributed by atoms with van der Waals surface area (Å²) in [5, 5.41) is 18.5. The van der Waals surface area contributed by atoms with E-state index in [1.807, 2.05) is 24.0 Å². The van der Waals surface area contributed by atoms with Crippen molar-refractivity contribution in [2.75, 3.05) is 68.0 Å². The van der Waals surface area contributed by atoms with Gasteiger partial charge in [0.2, 0.25) is 0 Å². The van der Waals surface area contributed by atoms with Crippen LogP contribution in [0.2, 0.25) is 5.02 Å². The predicted molar refractivity (Wildman–Crippen MR) is 176 cm³/mol. The molecule has 46 heavy (non-hydrogen) atoms. The second-order valence-corrected chi connectivity index (χ2v) is 11.6. The molecule has 5 rings (SSSR count). The number of hydrogen-bond donors (Lipinski definition) is 4. The summed E-state index contributed by atoms with van der Waals surface area (Å²) in [5.74, 6) is -1.53. The van der Waals surface area contributed by atoms with Crippen LogP contribution in [-0.4, -0.2) is 91.3 Å². The average molecular weight is 649 g/mol. The maximum Gasteiger partial charge on any atom is 0.323 e. The Kier molecular flexibility index (Phi) is 10.6. The first-order valence-electron chi connectivity index (χ1n) is 15.1. The van der Waals surface area contributed by atoms with E-state index in [4.69, 9.17) is 16.3 Å². The number of aryl methyl sites for hydroxylation is 1. The minimum atomic E-state index is -1.05. The summed E-state index contributed by atoms with van der Waals surface area (Å²) in [6.45, 7) is 6.13. The van der Waals surface area contributed by atoms with Gasteiger partial charge >= 0.3 is 18.0 Å². The van der Waals surface area contributed by atoms with E-state index in [0.717, 1.165) is 5.56 Å². The SMILES string of the molecule is Cc1ccc(C(CC(=O)O)NC(=O)c2ccc(N3CCN(C(=O)N4CCOCC4)CC3)c(NC(=O)Nc3ccc(Cl)cc3)c2)cc1. The van der Waals surface area contributed by atoms with Crippen molar-refractivity contribution in [3.05, 3.63) is 88.4 Å². The molecule has 2 aliphatic heterocycles. The van der Waals surface area contributed by atoms with Crippen LogP contribution in [0.5, 0.6) is 0 Å². The second-order valence-electron chi connectivity index (χ2n) is 11.2. The molecule has 4 N–H and O–H groups in total. The van der Waals surface area contributed by atoms with E-state index >= 15 is 0 Å². The van der Waals surface area contributed by atoms with Gasteiger partial charge in [-0.05, 0) is 55.0 Å². The molecule has 0 bridgehead atoms. The molecule has 0 saturated carbocycles. The molecule has 12 nitrogen and oxygen atoms in total. The number of morpholine rings is 1. The number of rotatable bonds is 8. The molecule has 3 aromatic rings. The van der Waals surface area contributed by atoms with E-state index in [2.05, 4.69) is 20.9 Å². The number of anilines is 3. The Labute approximate surface area is 272 Å². The summed E-state index contributed by atoms with van der Waals surface area (Å²) in [6.07, 6.45) is -0.297. The van der Waals surface area contributed by atoms with Crippen LogP contribution in [-0.2, 0) is 9.53 Å². The molecule has 2 saturated heterocycles. The summed E-state index contributed by atoms with van der Waals surface area (Å²) in [6, 6.07) is 17.7.